The highest BCUT2D eigenvalue weighted by Crippen LogP contribution is 2.43. The quantitative estimate of drug-likeness (QED) is 0.213. The second-order valence-corrected chi connectivity index (χ2v) is 9.74. The number of nitrogens with zero attached hydrogens (tertiary/aromatic N) is 4. The smallest absolute Gasteiger partial charge is 0.320 e. The minimum atomic E-state index is -3.57. The molecule has 5 N–H and O–H groups in total. The van der Waals surface area contributed by atoms with Crippen LogP contribution in [0.2, 0.25) is 0 Å². The van der Waals surface area contributed by atoms with Crippen LogP contribution in [0.5, 0.6) is 12.0 Å². The van der Waals surface area contributed by atoms with Crippen LogP contribution in [-0.4, -0.2) is 47.8 Å². The number of rotatable bonds is 9. The van der Waals surface area contributed by atoms with Crippen LogP contribution in [0.25, 0.3) is 11.2 Å². The Bertz CT molecular complexity index is 1310. The van der Waals surface area contributed by atoms with Gasteiger partial charge in [-0.05, 0) is 23.3 Å². The van der Waals surface area contributed by atoms with Gasteiger partial charge in [0.05, 0.1) is 19.3 Å². The molecule has 0 saturated heterocycles. The summed E-state index contributed by atoms with van der Waals surface area (Å²) in [6.07, 6.45) is 0.399. The predicted octanol–water partition coefficient (Wildman–Crippen LogP) is 2.02. The first-order valence-electron chi connectivity index (χ1n) is 10.3. The van der Waals surface area contributed by atoms with Crippen molar-refractivity contribution in [1.82, 2.24) is 19.5 Å². The number of hydrogen-bond acceptors (Lipinski definition) is 8. The molecule has 1 unspecified atom stereocenters. The summed E-state index contributed by atoms with van der Waals surface area (Å²) in [5.74, 6) is 0.0610. The first kappa shape index (κ1) is 22.7. The van der Waals surface area contributed by atoms with E-state index in [-0.39, 0.29) is 49.3 Å². The van der Waals surface area contributed by atoms with E-state index in [1.54, 1.807) is 48.5 Å². The van der Waals surface area contributed by atoms with Gasteiger partial charge < -0.3 is 25.6 Å². The lowest BCUT2D eigenvalue weighted by Crippen LogP contribution is -2.07. The zero-order valence-electron chi connectivity index (χ0n) is 17.7. The minimum absolute atomic E-state index is 0.0144. The highest BCUT2D eigenvalue weighted by Gasteiger charge is 2.22. The lowest BCUT2D eigenvalue weighted by Gasteiger charge is -2.13. The van der Waals surface area contributed by atoms with Gasteiger partial charge in [0.2, 0.25) is 7.37 Å². The lowest BCUT2D eigenvalue weighted by atomic mass is 10.1. The molecule has 0 aliphatic heterocycles. The maximum Gasteiger partial charge on any atom is 0.320 e. The van der Waals surface area contributed by atoms with E-state index < -0.39 is 7.37 Å². The fraction of sp³-hybridized carbons (Fsp3) is 0.227. The third-order valence-electron chi connectivity index (χ3n) is 5.00. The monoisotopic (exact) mass is 469 g/mol. The molecule has 4 aromatic rings. The minimum Gasteiger partial charge on any atom is -0.480 e. The van der Waals surface area contributed by atoms with Crippen molar-refractivity contribution in [3.05, 3.63) is 65.7 Å². The van der Waals surface area contributed by atoms with Gasteiger partial charge in [-0.3, -0.25) is 9.13 Å². The molecule has 0 radical (unpaired) electrons. The van der Waals surface area contributed by atoms with Crippen molar-refractivity contribution < 1.29 is 24.4 Å². The van der Waals surface area contributed by atoms with E-state index in [9.17, 15) is 14.6 Å². The van der Waals surface area contributed by atoms with Crippen LogP contribution in [0.1, 0.15) is 17.5 Å². The fourth-order valence-electron chi connectivity index (χ4n) is 3.44. The van der Waals surface area contributed by atoms with Crippen LogP contribution in [0, 0.1) is 0 Å². The van der Waals surface area contributed by atoms with E-state index in [0.717, 1.165) is 5.56 Å². The Morgan fingerprint density at radius 1 is 1.03 bits per heavy atom. The van der Waals surface area contributed by atoms with Crippen molar-refractivity contribution >= 4 is 29.7 Å². The van der Waals surface area contributed by atoms with Gasteiger partial charge in [-0.15, -0.1) is 0 Å². The van der Waals surface area contributed by atoms with E-state index in [0.29, 0.717) is 22.9 Å². The third kappa shape index (κ3) is 5.14. The summed E-state index contributed by atoms with van der Waals surface area (Å²) >= 11 is 0. The predicted molar refractivity (Wildman–Crippen MR) is 124 cm³/mol. The number of nitrogen functional groups attached to an aromatic ring is 1. The van der Waals surface area contributed by atoms with E-state index in [1.165, 1.54) is 4.57 Å². The van der Waals surface area contributed by atoms with Crippen molar-refractivity contribution in [1.29, 1.82) is 0 Å². The van der Waals surface area contributed by atoms with Gasteiger partial charge >= 0.3 is 6.01 Å². The van der Waals surface area contributed by atoms with E-state index in [1.807, 2.05) is 6.07 Å². The van der Waals surface area contributed by atoms with Crippen LogP contribution in [0.3, 0.4) is 0 Å². The number of aliphatic hydroxyl groups is 1. The number of benzene rings is 2. The molecule has 0 amide bonds. The van der Waals surface area contributed by atoms with Crippen molar-refractivity contribution in [3.8, 4) is 12.0 Å². The molecule has 0 bridgehead atoms. The maximum atomic E-state index is 12.9. The number of ether oxygens (including phenoxy) is 1. The third-order valence-corrected chi connectivity index (χ3v) is 6.90. The van der Waals surface area contributed by atoms with Crippen molar-refractivity contribution in [2.45, 2.75) is 19.1 Å². The average Bonchev–Trinajstić information content (AvgIpc) is 3.10. The fourth-order valence-corrected chi connectivity index (χ4v) is 4.95. The average molecular weight is 469 g/mol. The molecule has 11 heteroatoms. The van der Waals surface area contributed by atoms with Crippen LogP contribution >= 0.6 is 7.37 Å². The largest absolute Gasteiger partial charge is 0.480 e. The van der Waals surface area contributed by atoms with Gasteiger partial charge in [0.15, 0.2) is 17.0 Å². The van der Waals surface area contributed by atoms with E-state index >= 15 is 0 Å². The molecule has 2 aromatic heterocycles. The summed E-state index contributed by atoms with van der Waals surface area (Å²) < 4.78 is 19.7. The molecule has 0 aliphatic carbocycles. The normalized spacial score (nSPS) is 13.2. The second-order valence-electron chi connectivity index (χ2n) is 7.50. The first-order valence-corrected chi connectivity index (χ1v) is 12.1. The summed E-state index contributed by atoms with van der Waals surface area (Å²) in [5, 5.41) is 19.7. The molecular formula is C22H24N5O5P. The molecule has 1 atom stereocenters. The lowest BCUT2D eigenvalue weighted by molar-refractivity contribution is 0.225. The standard InChI is InChI=1S/C22H24N5O5P/c23-19-18-20(26-21(25-19)32-11-5-10-28)27(22(29)24-18)13-15-6-4-7-16(12-15)14-33(30,31)17-8-2-1-3-9-17/h1-4,6-9,12,28H,5,10-11,13-14H2,(H,24,29)(H,30,31)(H2,23,25,26). The van der Waals surface area contributed by atoms with Gasteiger partial charge in [-0.25, -0.2) is 0 Å². The zero-order chi connectivity index (χ0) is 23.4. The molecule has 172 valence electrons. The molecule has 0 spiro atoms. The molecule has 33 heavy (non-hydrogen) atoms. The van der Waals surface area contributed by atoms with Gasteiger partial charge in [-0.1, -0.05) is 42.5 Å². The Kier molecular flexibility index (Phi) is 6.60. The Balaban J connectivity index is 1.61. The molecular weight excluding hydrogens is 445 g/mol. The van der Waals surface area contributed by atoms with Crippen molar-refractivity contribution in [3.63, 3.8) is 0 Å². The first-order chi connectivity index (χ1) is 15.9. The molecule has 0 aliphatic rings. The molecule has 10 nitrogen and oxygen atoms in total. The number of imidazole rings is 1. The van der Waals surface area contributed by atoms with E-state index in [4.69, 9.17) is 15.6 Å². The Labute approximate surface area is 189 Å². The highest BCUT2D eigenvalue weighted by molar-refractivity contribution is 7.65. The molecule has 0 fully saturated rings. The number of hydrogen-bond donors (Lipinski definition) is 4. The highest BCUT2D eigenvalue weighted by atomic mass is 31.2. The number of aromatic hydroxyl groups is 1. The molecule has 4 rings (SSSR count). The van der Waals surface area contributed by atoms with E-state index in [2.05, 4.69) is 15.0 Å². The Morgan fingerprint density at radius 3 is 2.55 bits per heavy atom. The second kappa shape index (κ2) is 9.58. The number of anilines is 1. The van der Waals surface area contributed by atoms with Gasteiger partial charge in [-0.2, -0.15) is 15.0 Å². The van der Waals surface area contributed by atoms with Crippen LogP contribution in [0.15, 0.2) is 54.6 Å². The molecule has 2 aromatic carbocycles. The molecule has 2 heterocycles. The summed E-state index contributed by atoms with van der Waals surface area (Å²) in [6, 6.07) is 15.5. The molecule has 0 saturated carbocycles. The number of aliphatic hydroxyl groups excluding tert-OH is 1. The van der Waals surface area contributed by atoms with Gasteiger partial charge in [0.1, 0.15) is 0 Å². The van der Waals surface area contributed by atoms with Crippen LogP contribution in [0.4, 0.5) is 5.82 Å². The SMILES string of the molecule is Nc1nc(OCCCO)nc2c1nc(O)n2Cc1cccc(CP(=O)(O)c2ccccc2)c1. The summed E-state index contributed by atoms with van der Waals surface area (Å²) in [4.78, 5) is 23.0. The zero-order valence-corrected chi connectivity index (χ0v) is 18.6. The summed E-state index contributed by atoms with van der Waals surface area (Å²) in [6.45, 7) is 0.383. The topological polar surface area (TPSA) is 157 Å². The number of aromatic nitrogens is 4. The van der Waals surface area contributed by atoms with Crippen LogP contribution in [-0.2, 0) is 17.3 Å². The summed E-state index contributed by atoms with van der Waals surface area (Å²) in [5.41, 5.74) is 7.95. The number of nitrogens with two attached hydrogens (primary N) is 1. The Morgan fingerprint density at radius 2 is 1.79 bits per heavy atom. The Hall–Kier alpha value is -3.46. The maximum absolute atomic E-state index is 12.9. The van der Waals surface area contributed by atoms with Gasteiger partial charge in [0, 0.05) is 18.3 Å². The van der Waals surface area contributed by atoms with Crippen LogP contribution < -0.4 is 15.8 Å². The number of fused-ring (bicyclic) bond motifs is 1. The summed E-state index contributed by atoms with van der Waals surface area (Å²) in [7, 11) is -3.57. The van der Waals surface area contributed by atoms with Crippen molar-refractivity contribution in [2.24, 2.45) is 0 Å². The van der Waals surface area contributed by atoms with Crippen molar-refractivity contribution in [2.75, 3.05) is 18.9 Å². The van der Waals surface area contributed by atoms with Gasteiger partial charge in [0.25, 0.3) is 6.01 Å².